The van der Waals surface area contributed by atoms with E-state index in [1.165, 1.54) is 37.3 Å². The van der Waals surface area contributed by atoms with E-state index in [9.17, 15) is 24.6 Å². The lowest BCUT2D eigenvalue weighted by atomic mass is 10.0. The SMILES string of the molecule is CC(=O)c1cc(CC(NC(=O)c2c(Cl)cccc2Cl)C(=O)O)ccc1O. The fraction of sp³-hybridized carbons (Fsp3) is 0.167. The number of halogens is 2. The van der Waals surface area contributed by atoms with Gasteiger partial charge in [-0.25, -0.2) is 4.79 Å². The number of phenolic OH excluding ortho intramolecular Hbond substituents is 1. The smallest absolute Gasteiger partial charge is 0.326 e. The molecule has 2 aromatic rings. The highest BCUT2D eigenvalue weighted by Gasteiger charge is 2.24. The average molecular weight is 396 g/mol. The first kappa shape index (κ1) is 19.8. The molecule has 1 atom stereocenters. The third-order valence-electron chi connectivity index (χ3n) is 3.67. The molecular weight excluding hydrogens is 381 g/mol. The lowest BCUT2D eigenvalue weighted by molar-refractivity contribution is -0.139. The van der Waals surface area contributed by atoms with Crippen molar-refractivity contribution < 1.29 is 24.6 Å². The first-order valence-corrected chi connectivity index (χ1v) is 8.26. The van der Waals surface area contributed by atoms with Gasteiger partial charge in [0.05, 0.1) is 21.2 Å². The number of rotatable bonds is 6. The summed E-state index contributed by atoms with van der Waals surface area (Å²) in [5, 5.41) is 21.6. The number of carboxylic acids is 1. The van der Waals surface area contributed by atoms with E-state index in [4.69, 9.17) is 23.2 Å². The van der Waals surface area contributed by atoms with Gasteiger partial charge in [0.15, 0.2) is 5.78 Å². The van der Waals surface area contributed by atoms with Crippen molar-refractivity contribution in [1.29, 1.82) is 0 Å². The van der Waals surface area contributed by atoms with Crippen molar-refractivity contribution in [3.8, 4) is 5.75 Å². The van der Waals surface area contributed by atoms with Crippen LogP contribution >= 0.6 is 23.2 Å². The summed E-state index contributed by atoms with van der Waals surface area (Å²) < 4.78 is 0. The van der Waals surface area contributed by atoms with Crippen LogP contribution in [0.5, 0.6) is 5.75 Å². The van der Waals surface area contributed by atoms with Gasteiger partial charge in [-0.2, -0.15) is 0 Å². The van der Waals surface area contributed by atoms with Crippen LogP contribution in [-0.4, -0.2) is 33.9 Å². The van der Waals surface area contributed by atoms with E-state index in [0.29, 0.717) is 5.56 Å². The molecule has 2 rings (SSSR count). The summed E-state index contributed by atoms with van der Waals surface area (Å²) in [5.74, 6) is -2.54. The van der Waals surface area contributed by atoms with E-state index in [1.54, 1.807) is 6.07 Å². The zero-order valence-corrected chi connectivity index (χ0v) is 15.1. The second-order valence-electron chi connectivity index (χ2n) is 5.57. The Labute approximate surface area is 159 Å². The van der Waals surface area contributed by atoms with Crippen molar-refractivity contribution in [3.05, 3.63) is 63.1 Å². The average Bonchev–Trinajstić information content (AvgIpc) is 2.55. The fourth-order valence-electron chi connectivity index (χ4n) is 2.37. The predicted octanol–water partition coefficient (Wildman–Crippen LogP) is 3.33. The summed E-state index contributed by atoms with van der Waals surface area (Å²) in [6, 6.07) is 7.40. The van der Waals surface area contributed by atoms with Gasteiger partial charge in [0, 0.05) is 6.42 Å². The minimum absolute atomic E-state index is 0.0165. The fourth-order valence-corrected chi connectivity index (χ4v) is 2.94. The maximum atomic E-state index is 12.4. The van der Waals surface area contributed by atoms with Gasteiger partial charge in [0.2, 0.25) is 0 Å². The molecule has 8 heteroatoms. The van der Waals surface area contributed by atoms with Crippen molar-refractivity contribution in [1.82, 2.24) is 5.32 Å². The molecule has 136 valence electrons. The van der Waals surface area contributed by atoms with Gasteiger partial charge in [0.1, 0.15) is 11.8 Å². The molecule has 0 aromatic heterocycles. The van der Waals surface area contributed by atoms with Gasteiger partial charge < -0.3 is 15.5 Å². The summed E-state index contributed by atoms with van der Waals surface area (Å²) in [6.07, 6.45) is -0.0935. The highest BCUT2D eigenvalue weighted by Crippen LogP contribution is 2.24. The Morgan fingerprint density at radius 3 is 2.27 bits per heavy atom. The Balaban J connectivity index is 2.25. The van der Waals surface area contributed by atoms with Gasteiger partial charge in [-0.15, -0.1) is 0 Å². The van der Waals surface area contributed by atoms with Crippen molar-refractivity contribution in [2.45, 2.75) is 19.4 Å². The summed E-state index contributed by atoms with van der Waals surface area (Å²) in [5.41, 5.74) is 0.523. The van der Waals surface area contributed by atoms with Crippen LogP contribution in [0.1, 0.15) is 33.2 Å². The maximum Gasteiger partial charge on any atom is 0.326 e. The second-order valence-corrected chi connectivity index (χ2v) is 6.39. The largest absolute Gasteiger partial charge is 0.507 e. The normalized spacial score (nSPS) is 11.7. The zero-order chi connectivity index (χ0) is 19.4. The molecule has 0 aliphatic carbocycles. The lowest BCUT2D eigenvalue weighted by Crippen LogP contribution is -2.42. The summed E-state index contributed by atoms with van der Waals surface area (Å²) in [6.45, 7) is 1.29. The molecule has 0 spiro atoms. The van der Waals surface area contributed by atoms with Crippen LogP contribution in [0.3, 0.4) is 0 Å². The van der Waals surface area contributed by atoms with Crippen LogP contribution in [0.2, 0.25) is 10.0 Å². The van der Waals surface area contributed by atoms with Crippen molar-refractivity contribution in [2.24, 2.45) is 0 Å². The summed E-state index contributed by atoms with van der Waals surface area (Å²) in [4.78, 5) is 35.4. The number of aromatic hydroxyl groups is 1. The van der Waals surface area contributed by atoms with E-state index in [2.05, 4.69) is 5.32 Å². The second kappa shape index (κ2) is 8.21. The Morgan fingerprint density at radius 2 is 1.73 bits per heavy atom. The van der Waals surface area contributed by atoms with Gasteiger partial charge in [0.25, 0.3) is 5.91 Å². The number of carbonyl (C=O) groups excluding carboxylic acids is 2. The number of nitrogens with one attached hydrogen (secondary N) is 1. The van der Waals surface area contributed by atoms with Crippen molar-refractivity contribution in [2.75, 3.05) is 0 Å². The topological polar surface area (TPSA) is 104 Å². The van der Waals surface area contributed by atoms with Crippen molar-refractivity contribution >= 4 is 40.9 Å². The Kier molecular flexibility index (Phi) is 6.23. The Bertz CT molecular complexity index is 862. The molecule has 1 amide bonds. The molecule has 6 nitrogen and oxygen atoms in total. The molecule has 0 heterocycles. The van der Waals surface area contributed by atoms with Crippen LogP contribution in [-0.2, 0) is 11.2 Å². The predicted molar refractivity (Wildman–Crippen MR) is 97.2 cm³/mol. The van der Waals surface area contributed by atoms with E-state index in [1.807, 2.05) is 0 Å². The van der Waals surface area contributed by atoms with Crippen LogP contribution in [0, 0.1) is 0 Å². The van der Waals surface area contributed by atoms with Gasteiger partial charge in [-0.05, 0) is 36.8 Å². The van der Waals surface area contributed by atoms with Crippen molar-refractivity contribution in [3.63, 3.8) is 0 Å². The van der Waals surface area contributed by atoms with E-state index >= 15 is 0 Å². The van der Waals surface area contributed by atoms with E-state index < -0.39 is 17.9 Å². The number of hydrogen-bond donors (Lipinski definition) is 3. The third kappa shape index (κ3) is 4.53. The zero-order valence-electron chi connectivity index (χ0n) is 13.6. The molecule has 1 unspecified atom stereocenters. The number of aliphatic carboxylic acids is 1. The molecule has 0 fully saturated rings. The minimum Gasteiger partial charge on any atom is -0.507 e. The molecule has 0 saturated heterocycles. The quantitative estimate of drug-likeness (QED) is 0.650. The molecule has 0 aliphatic rings. The molecule has 0 radical (unpaired) electrons. The first-order valence-electron chi connectivity index (χ1n) is 7.51. The molecule has 26 heavy (non-hydrogen) atoms. The van der Waals surface area contributed by atoms with Crippen LogP contribution in [0.15, 0.2) is 36.4 Å². The van der Waals surface area contributed by atoms with E-state index in [-0.39, 0.29) is 39.1 Å². The molecule has 0 saturated carbocycles. The molecule has 2 aromatic carbocycles. The highest BCUT2D eigenvalue weighted by molar-refractivity contribution is 6.39. The number of amides is 1. The van der Waals surface area contributed by atoms with E-state index in [0.717, 1.165) is 0 Å². The van der Waals surface area contributed by atoms with Gasteiger partial charge >= 0.3 is 5.97 Å². The standard InChI is InChI=1S/C18H15Cl2NO5/c1-9(22)11-7-10(5-6-15(11)23)8-14(18(25)26)21-17(24)16-12(19)3-2-4-13(16)20/h2-7,14,23H,8H2,1H3,(H,21,24)(H,25,26). The van der Waals surface area contributed by atoms with Gasteiger partial charge in [-0.1, -0.05) is 35.3 Å². The number of benzene rings is 2. The summed E-state index contributed by atoms with van der Waals surface area (Å²) >= 11 is 11.9. The molecule has 3 N–H and O–H groups in total. The summed E-state index contributed by atoms with van der Waals surface area (Å²) in [7, 11) is 0. The first-order chi connectivity index (χ1) is 12.2. The van der Waals surface area contributed by atoms with Gasteiger partial charge in [-0.3, -0.25) is 9.59 Å². The number of carboxylic acid groups (broad SMARTS) is 1. The van der Waals surface area contributed by atoms with Crippen LogP contribution < -0.4 is 5.32 Å². The third-order valence-corrected chi connectivity index (χ3v) is 4.30. The number of carbonyl (C=O) groups is 3. The molecule has 0 bridgehead atoms. The number of hydrogen-bond acceptors (Lipinski definition) is 4. The number of ketones is 1. The number of phenols is 1. The number of Topliss-reactive ketones (excluding diaryl/α,β-unsaturated/α-hetero) is 1. The monoisotopic (exact) mass is 395 g/mol. The molecular formula is C18H15Cl2NO5. The maximum absolute atomic E-state index is 12.4. The Morgan fingerprint density at radius 1 is 1.12 bits per heavy atom. The van der Waals surface area contributed by atoms with Crippen LogP contribution in [0.25, 0.3) is 0 Å². The Hall–Kier alpha value is -2.57. The minimum atomic E-state index is -1.28. The van der Waals surface area contributed by atoms with Crippen LogP contribution in [0.4, 0.5) is 0 Å². The highest BCUT2D eigenvalue weighted by atomic mass is 35.5. The lowest BCUT2D eigenvalue weighted by Gasteiger charge is -2.16. The molecule has 0 aliphatic heterocycles.